The number of nitrogens with zero attached hydrogens (tertiary/aromatic N) is 2. The molecule has 316 valence electrons. The molecule has 5 rings (SSSR count). The van der Waals surface area contributed by atoms with E-state index in [-0.39, 0.29) is 64.7 Å². The minimum absolute atomic E-state index is 0.0740. The highest BCUT2D eigenvalue weighted by molar-refractivity contribution is 6.77. The van der Waals surface area contributed by atoms with Gasteiger partial charge in [-0.15, -0.1) is 0 Å². The SMILES string of the molecule is COc1cccc(OC)c1C(=O)C(=O)N[C@H]1CN(C(=O)CO[Si](C(C)C)(C(C)C)C(C)C)c2ccccc2N(CC(=O)N[C@H]2CC(=O)OC2OCc2ccccc2)C1=O. The second kappa shape index (κ2) is 19.4. The summed E-state index contributed by atoms with van der Waals surface area (Å²) in [6, 6.07) is 18.0. The smallest absolute Gasteiger partial charge is 0.310 e. The molecule has 59 heavy (non-hydrogen) atoms. The van der Waals surface area contributed by atoms with E-state index in [2.05, 4.69) is 52.2 Å². The molecule has 0 spiro atoms. The highest BCUT2D eigenvalue weighted by Gasteiger charge is 2.47. The molecule has 16 heteroatoms. The molecule has 3 aromatic rings. The monoisotopic (exact) mass is 830 g/mol. The Morgan fingerprint density at radius 2 is 1.39 bits per heavy atom. The van der Waals surface area contributed by atoms with Gasteiger partial charge >= 0.3 is 5.97 Å². The van der Waals surface area contributed by atoms with Gasteiger partial charge in [-0.3, -0.25) is 33.7 Å². The highest BCUT2D eigenvalue weighted by atomic mass is 28.4. The summed E-state index contributed by atoms with van der Waals surface area (Å²) in [7, 11) is 0.141. The van der Waals surface area contributed by atoms with Crippen molar-refractivity contribution in [3.8, 4) is 11.5 Å². The van der Waals surface area contributed by atoms with Crippen LogP contribution in [-0.4, -0.2) is 96.0 Å². The van der Waals surface area contributed by atoms with Crippen LogP contribution in [0, 0.1) is 0 Å². The van der Waals surface area contributed by atoms with E-state index in [4.69, 9.17) is 23.4 Å². The van der Waals surface area contributed by atoms with E-state index in [1.807, 2.05) is 30.3 Å². The summed E-state index contributed by atoms with van der Waals surface area (Å²) in [5, 5.41) is 5.31. The Labute approximate surface area is 345 Å². The van der Waals surface area contributed by atoms with Crippen LogP contribution < -0.4 is 29.9 Å². The second-order valence-electron chi connectivity index (χ2n) is 15.4. The van der Waals surface area contributed by atoms with Gasteiger partial charge in [-0.25, -0.2) is 0 Å². The number of para-hydroxylation sites is 2. The normalized spacial score (nSPS) is 18.1. The molecule has 0 radical (unpaired) electrons. The number of esters is 1. The molecule has 2 aliphatic heterocycles. The number of amides is 4. The molecule has 0 saturated carbocycles. The number of carbonyl (C=O) groups excluding carboxylic acids is 6. The molecule has 15 nitrogen and oxygen atoms in total. The molecule has 1 unspecified atom stereocenters. The van der Waals surface area contributed by atoms with Crippen molar-refractivity contribution in [1.82, 2.24) is 10.6 Å². The standard InChI is InChI=1S/C43H54N4O11Si/c1-26(2)59(27(3)4,28(5)6)57-25-37(49)46-22-31(45-41(52)40(51)39-34(54-7)19-14-20-35(39)55-8)42(53)47(33-18-13-12-17-32(33)46)23-36(48)44-30-21-38(50)58-43(30)56-24-29-15-10-9-11-16-29/h9-20,26-28,30-31,43H,21-25H2,1-8H3,(H,44,48)(H,45,52)/t30-,31-,43?/m0/s1. The van der Waals surface area contributed by atoms with E-state index in [0.717, 1.165) is 10.5 Å². The lowest BCUT2D eigenvalue weighted by molar-refractivity contribution is -0.168. The summed E-state index contributed by atoms with van der Waals surface area (Å²) in [6.07, 6.45) is -1.26. The van der Waals surface area contributed by atoms with E-state index in [0.29, 0.717) is 0 Å². The first-order valence-electron chi connectivity index (χ1n) is 19.7. The lowest BCUT2D eigenvalue weighted by atomic mass is 10.1. The molecule has 4 amide bonds. The topological polar surface area (TPSA) is 179 Å². The van der Waals surface area contributed by atoms with E-state index in [1.54, 1.807) is 30.3 Å². The first kappa shape index (κ1) is 44.5. The van der Waals surface area contributed by atoms with Gasteiger partial charge in [0.1, 0.15) is 42.3 Å². The Balaban J connectivity index is 1.47. The van der Waals surface area contributed by atoms with Crippen molar-refractivity contribution in [2.24, 2.45) is 0 Å². The van der Waals surface area contributed by atoms with Crippen molar-refractivity contribution in [3.05, 3.63) is 83.9 Å². The van der Waals surface area contributed by atoms with Gasteiger partial charge in [0.15, 0.2) is 0 Å². The molecule has 0 aliphatic carbocycles. The van der Waals surface area contributed by atoms with Gasteiger partial charge in [-0.05, 0) is 46.5 Å². The fourth-order valence-corrected chi connectivity index (χ4v) is 13.6. The van der Waals surface area contributed by atoms with Gasteiger partial charge in [0.2, 0.25) is 20.5 Å². The molecule has 3 atom stereocenters. The fourth-order valence-electron chi connectivity index (χ4n) is 8.22. The third-order valence-corrected chi connectivity index (χ3v) is 16.9. The number of benzene rings is 3. The molecular formula is C43H54N4O11Si. The van der Waals surface area contributed by atoms with Crippen LogP contribution in [0.2, 0.25) is 16.6 Å². The number of ether oxygens (including phenoxy) is 4. The lowest BCUT2D eigenvalue weighted by Crippen LogP contribution is -2.56. The van der Waals surface area contributed by atoms with Crippen LogP contribution in [0.4, 0.5) is 11.4 Å². The van der Waals surface area contributed by atoms with Crippen LogP contribution in [0.5, 0.6) is 11.5 Å². The minimum Gasteiger partial charge on any atom is -0.496 e. The Kier molecular flexibility index (Phi) is 14.7. The van der Waals surface area contributed by atoms with Crippen LogP contribution in [0.15, 0.2) is 72.8 Å². The molecule has 3 aromatic carbocycles. The van der Waals surface area contributed by atoms with Crippen molar-refractivity contribution < 1.29 is 52.1 Å². The lowest BCUT2D eigenvalue weighted by Gasteiger charge is -2.42. The van der Waals surface area contributed by atoms with Gasteiger partial charge < -0.3 is 38.9 Å². The molecule has 2 N–H and O–H groups in total. The highest BCUT2D eigenvalue weighted by Crippen LogP contribution is 2.42. The van der Waals surface area contributed by atoms with Crippen molar-refractivity contribution in [2.75, 3.05) is 43.7 Å². The number of rotatable bonds is 17. The number of fused-ring (bicyclic) bond motifs is 1. The zero-order valence-electron chi connectivity index (χ0n) is 34.8. The summed E-state index contributed by atoms with van der Waals surface area (Å²) < 4.78 is 28.6. The quantitative estimate of drug-likeness (QED) is 0.0817. The molecule has 2 aliphatic rings. The van der Waals surface area contributed by atoms with Crippen LogP contribution in [0.3, 0.4) is 0 Å². The summed E-state index contributed by atoms with van der Waals surface area (Å²) >= 11 is 0. The first-order chi connectivity index (χ1) is 28.1. The maximum Gasteiger partial charge on any atom is 0.310 e. The summed E-state index contributed by atoms with van der Waals surface area (Å²) in [5.74, 6) is -4.57. The van der Waals surface area contributed by atoms with Gasteiger partial charge in [-0.1, -0.05) is 90.1 Å². The largest absolute Gasteiger partial charge is 0.496 e. The van der Waals surface area contributed by atoms with Crippen molar-refractivity contribution >= 4 is 55.1 Å². The zero-order chi connectivity index (χ0) is 43.0. The molecule has 1 saturated heterocycles. The van der Waals surface area contributed by atoms with E-state index < -0.39 is 75.2 Å². The number of nitrogens with one attached hydrogen (secondary N) is 2. The number of ketones is 1. The average molecular weight is 831 g/mol. The number of carbonyl (C=O) groups is 6. The van der Waals surface area contributed by atoms with E-state index >= 15 is 0 Å². The van der Waals surface area contributed by atoms with Crippen LogP contribution in [0.25, 0.3) is 0 Å². The Hall–Kier alpha value is -5.58. The van der Waals surface area contributed by atoms with Gasteiger partial charge in [0.05, 0.1) is 45.2 Å². The summed E-state index contributed by atoms with van der Waals surface area (Å²) in [4.78, 5) is 85.4. The number of hydrogen-bond donors (Lipinski definition) is 2. The summed E-state index contributed by atoms with van der Waals surface area (Å²) in [6.45, 7) is 11.4. The van der Waals surface area contributed by atoms with Gasteiger partial charge in [-0.2, -0.15) is 0 Å². The molecular weight excluding hydrogens is 777 g/mol. The number of Topliss-reactive ketones (excluding diaryl/α,β-unsaturated/α-hetero) is 1. The van der Waals surface area contributed by atoms with Gasteiger partial charge in [0, 0.05) is 0 Å². The predicted molar refractivity (Wildman–Crippen MR) is 222 cm³/mol. The Bertz CT molecular complexity index is 1980. The molecule has 0 aromatic heterocycles. The van der Waals surface area contributed by atoms with Crippen molar-refractivity contribution in [3.63, 3.8) is 0 Å². The second-order valence-corrected chi connectivity index (χ2v) is 20.9. The first-order valence-corrected chi connectivity index (χ1v) is 21.8. The fraction of sp³-hybridized carbons (Fsp3) is 0.442. The van der Waals surface area contributed by atoms with Crippen LogP contribution in [0.1, 0.15) is 63.9 Å². The summed E-state index contributed by atoms with van der Waals surface area (Å²) in [5.41, 5.74) is 1.69. The van der Waals surface area contributed by atoms with Crippen molar-refractivity contribution in [1.29, 1.82) is 0 Å². The Morgan fingerprint density at radius 1 is 0.797 bits per heavy atom. The predicted octanol–water partition coefficient (Wildman–Crippen LogP) is 4.92. The van der Waals surface area contributed by atoms with E-state index in [9.17, 15) is 28.8 Å². The van der Waals surface area contributed by atoms with E-state index in [1.165, 1.54) is 31.3 Å². The minimum atomic E-state index is -2.54. The third-order valence-electron chi connectivity index (χ3n) is 10.9. The van der Waals surface area contributed by atoms with Crippen molar-refractivity contribution in [2.45, 2.75) is 89.6 Å². The van der Waals surface area contributed by atoms with Crippen LogP contribution in [-0.2, 0) is 44.5 Å². The molecule has 1 fully saturated rings. The van der Waals surface area contributed by atoms with Gasteiger partial charge in [0.25, 0.3) is 23.5 Å². The Morgan fingerprint density at radius 3 is 1.98 bits per heavy atom. The van der Waals surface area contributed by atoms with Crippen LogP contribution >= 0.6 is 0 Å². The maximum atomic E-state index is 14.7. The third kappa shape index (κ3) is 9.83. The molecule has 0 bridgehead atoms. The number of anilines is 2. The average Bonchev–Trinajstić information content (AvgIpc) is 3.52. The number of hydrogen-bond acceptors (Lipinski definition) is 11. The zero-order valence-corrected chi connectivity index (χ0v) is 35.8. The number of cyclic esters (lactones) is 1. The maximum absolute atomic E-state index is 14.7. The molecule has 2 heterocycles. The number of methoxy groups -OCH3 is 2.